The molecule has 2 aliphatic rings. The maximum Gasteiger partial charge on any atom is 0.433 e. The molecule has 3 heterocycles. The van der Waals surface area contributed by atoms with Crippen LogP contribution < -0.4 is 4.74 Å². The second kappa shape index (κ2) is 10.1. The van der Waals surface area contributed by atoms with E-state index in [0.29, 0.717) is 36.5 Å². The number of piperazine rings is 1. The number of halogens is 3. The Morgan fingerprint density at radius 2 is 1.88 bits per heavy atom. The molecule has 2 fully saturated rings. The quantitative estimate of drug-likeness (QED) is 0.316. The van der Waals surface area contributed by atoms with Crippen LogP contribution in [0.5, 0.6) is 5.75 Å². The third-order valence-electron chi connectivity index (χ3n) is 8.49. The highest BCUT2D eigenvalue weighted by Crippen LogP contribution is 2.51. The Balaban J connectivity index is 1.33. The zero-order valence-corrected chi connectivity index (χ0v) is 23.4. The van der Waals surface area contributed by atoms with Gasteiger partial charge in [0.25, 0.3) is 5.91 Å². The van der Waals surface area contributed by atoms with Crippen molar-refractivity contribution in [1.82, 2.24) is 24.4 Å². The number of nitriles is 1. The maximum atomic E-state index is 14.3. The predicted molar refractivity (Wildman–Crippen MR) is 149 cm³/mol. The summed E-state index contributed by atoms with van der Waals surface area (Å²) < 4.78 is 48.9. The van der Waals surface area contributed by atoms with Crippen molar-refractivity contribution in [2.45, 2.75) is 44.4 Å². The molecule has 42 heavy (non-hydrogen) atoms. The number of hydrogen-bond acceptors (Lipinski definition) is 6. The van der Waals surface area contributed by atoms with E-state index in [9.17, 15) is 23.2 Å². The number of aromatic nitrogens is 3. The number of carbonyl (C=O) groups excluding carboxylic acids is 1. The monoisotopic (exact) mass is 574 g/mol. The first-order valence-corrected chi connectivity index (χ1v) is 13.7. The second-order valence-corrected chi connectivity index (χ2v) is 11.0. The van der Waals surface area contributed by atoms with Crippen molar-refractivity contribution in [3.63, 3.8) is 0 Å². The van der Waals surface area contributed by atoms with Gasteiger partial charge < -0.3 is 9.64 Å². The predicted octanol–water partition coefficient (Wildman–Crippen LogP) is 5.44. The van der Waals surface area contributed by atoms with Crippen molar-refractivity contribution >= 4 is 11.6 Å². The molecule has 4 aromatic rings. The van der Waals surface area contributed by atoms with E-state index in [1.54, 1.807) is 35.2 Å². The molecule has 8 nitrogen and oxygen atoms in total. The molecule has 1 amide bonds. The molecular weight excluding hydrogens is 545 g/mol. The summed E-state index contributed by atoms with van der Waals surface area (Å²) in [5.41, 5.74) is 0.992. The van der Waals surface area contributed by atoms with Crippen LogP contribution in [0.3, 0.4) is 0 Å². The van der Waals surface area contributed by atoms with E-state index < -0.39 is 17.8 Å². The zero-order chi connectivity index (χ0) is 29.8. The largest absolute Gasteiger partial charge is 0.497 e. The number of ether oxygens (including phenoxy) is 1. The van der Waals surface area contributed by atoms with Crippen molar-refractivity contribution in [3.05, 3.63) is 82.7 Å². The van der Waals surface area contributed by atoms with Crippen LogP contribution in [0.1, 0.15) is 52.5 Å². The Hall–Kier alpha value is -4.43. The van der Waals surface area contributed by atoms with Crippen LogP contribution in [0.25, 0.3) is 16.9 Å². The summed E-state index contributed by atoms with van der Waals surface area (Å²) >= 11 is 0. The van der Waals surface area contributed by atoms with Gasteiger partial charge >= 0.3 is 6.18 Å². The molecule has 1 saturated heterocycles. The molecule has 0 radical (unpaired) electrons. The molecule has 2 aromatic carbocycles. The summed E-state index contributed by atoms with van der Waals surface area (Å²) in [5, 5.41) is 13.4. The van der Waals surface area contributed by atoms with E-state index in [4.69, 9.17) is 4.74 Å². The number of benzene rings is 2. The fourth-order valence-electron chi connectivity index (χ4n) is 6.17. The highest BCUT2D eigenvalue weighted by molar-refractivity contribution is 6.00. The number of amides is 1. The molecule has 1 aliphatic carbocycles. The molecule has 0 unspecified atom stereocenters. The minimum absolute atomic E-state index is 0.0263. The molecule has 1 atom stereocenters. The summed E-state index contributed by atoms with van der Waals surface area (Å²) in [4.78, 5) is 22.5. The van der Waals surface area contributed by atoms with Gasteiger partial charge in [0, 0.05) is 42.3 Å². The van der Waals surface area contributed by atoms with E-state index in [2.05, 4.69) is 21.1 Å². The Bertz CT molecular complexity index is 1720. The Kier molecular flexibility index (Phi) is 6.69. The summed E-state index contributed by atoms with van der Waals surface area (Å²) in [5.74, 6) is 0.159. The standard InChI is InChI=1S/C31H29F3N6O2/c1-19-18-38(30(11-12-30)23-6-4-5-21(15-23)16-35)13-14-39(19)29(41)25-17-36-40-27(31(32,33)34)20(2)26(37-28(25)40)22-7-9-24(42-3)10-8-22/h4-10,15,17,19H,11-14,18H2,1-3H3/t19-/m1/s1. The van der Waals surface area contributed by atoms with Gasteiger partial charge in [-0.1, -0.05) is 12.1 Å². The molecule has 6 rings (SSSR count). The van der Waals surface area contributed by atoms with Crippen LogP contribution in [0.15, 0.2) is 54.7 Å². The topological polar surface area (TPSA) is 86.8 Å². The average Bonchev–Trinajstić information content (AvgIpc) is 3.70. The first kappa shape index (κ1) is 27.7. The lowest BCUT2D eigenvalue weighted by Crippen LogP contribution is -2.56. The Labute approximate surface area is 240 Å². The molecule has 2 aromatic heterocycles. The van der Waals surface area contributed by atoms with Crippen molar-refractivity contribution in [2.24, 2.45) is 0 Å². The number of alkyl halides is 3. The summed E-state index contributed by atoms with van der Waals surface area (Å²) in [6.45, 7) is 4.90. The van der Waals surface area contributed by atoms with Gasteiger partial charge in [0.05, 0.1) is 30.6 Å². The molecule has 0 spiro atoms. The summed E-state index contributed by atoms with van der Waals surface area (Å²) in [6.07, 6.45) is -1.60. The van der Waals surface area contributed by atoms with Gasteiger partial charge in [0.15, 0.2) is 11.3 Å². The van der Waals surface area contributed by atoms with E-state index in [0.717, 1.165) is 22.9 Å². The smallest absolute Gasteiger partial charge is 0.433 e. The lowest BCUT2D eigenvalue weighted by atomic mass is 9.98. The fraction of sp³-hybridized carbons (Fsp3) is 0.355. The van der Waals surface area contributed by atoms with E-state index in [1.165, 1.54) is 20.2 Å². The second-order valence-electron chi connectivity index (χ2n) is 11.0. The number of carbonyl (C=O) groups is 1. The van der Waals surface area contributed by atoms with Crippen LogP contribution >= 0.6 is 0 Å². The van der Waals surface area contributed by atoms with Crippen LogP contribution in [0.4, 0.5) is 13.2 Å². The van der Waals surface area contributed by atoms with Crippen LogP contribution in [0.2, 0.25) is 0 Å². The van der Waals surface area contributed by atoms with Crippen LogP contribution in [0, 0.1) is 18.3 Å². The summed E-state index contributed by atoms with van der Waals surface area (Å²) in [6, 6.07) is 16.3. The minimum atomic E-state index is -4.72. The lowest BCUT2D eigenvalue weighted by Gasteiger charge is -2.44. The Morgan fingerprint density at radius 1 is 1.14 bits per heavy atom. The fourth-order valence-corrected chi connectivity index (χ4v) is 6.17. The van der Waals surface area contributed by atoms with Gasteiger partial charge in [-0.2, -0.15) is 23.5 Å². The highest BCUT2D eigenvalue weighted by Gasteiger charge is 2.51. The average molecular weight is 575 g/mol. The number of fused-ring (bicyclic) bond motifs is 1. The van der Waals surface area contributed by atoms with Gasteiger partial charge in [-0.25, -0.2) is 9.50 Å². The van der Waals surface area contributed by atoms with E-state index in [1.807, 2.05) is 25.1 Å². The number of nitrogens with zero attached hydrogens (tertiary/aromatic N) is 6. The van der Waals surface area contributed by atoms with Gasteiger partial charge in [0.1, 0.15) is 11.3 Å². The van der Waals surface area contributed by atoms with E-state index in [-0.39, 0.29) is 34.0 Å². The van der Waals surface area contributed by atoms with Crippen molar-refractivity contribution in [1.29, 1.82) is 5.26 Å². The minimum Gasteiger partial charge on any atom is -0.497 e. The molecule has 0 N–H and O–H groups in total. The van der Waals surface area contributed by atoms with Crippen LogP contribution in [-0.2, 0) is 11.7 Å². The van der Waals surface area contributed by atoms with Gasteiger partial charge in [-0.15, -0.1) is 0 Å². The third kappa shape index (κ3) is 4.56. The van der Waals surface area contributed by atoms with Gasteiger partial charge in [0.2, 0.25) is 0 Å². The zero-order valence-electron chi connectivity index (χ0n) is 23.4. The number of rotatable bonds is 5. The molecule has 11 heteroatoms. The Morgan fingerprint density at radius 3 is 2.50 bits per heavy atom. The molecule has 216 valence electrons. The normalized spacial score (nSPS) is 18.6. The highest BCUT2D eigenvalue weighted by atomic mass is 19.4. The summed E-state index contributed by atoms with van der Waals surface area (Å²) in [7, 11) is 1.51. The molecule has 0 bridgehead atoms. The lowest BCUT2D eigenvalue weighted by molar-refractivity contribution is -0.143. The van der Waals surface area contributed by atoms with Crippen molar-refractivity contribution in [2.75, 3.05) is 26.7 Å². The van der Waals surface area contributed by atoms with Crippen molar-refractivity contribution < 1.29 is 22.7 Å². The van der Waals surface area contributed by atoms with E-state index >= 15 is 0 Å². The first-order chi connectivity index (χ1) is 20.1. The SMILES string of the molecule is COc1ccc(-c2nc3c(C(=O)N4CCN(C5(c6cccc(C#N)c6)CC5)C[C@H]4C)cnn3c(C(F)(F)F)c2C)cc1. The van der Waals surface area contributed by atoms with Crippen molar-refractivity contribution in [3.8, 4) is 23.1 Å². The third-order valence-corrected chi connectivity index (χ3v) is 8.49. The van der Waals surface area contributed by atoms with Gasteiger partial charge in [-0.3, -0.25) is 9.69 Å². The number of methoxy groups -OCH3 is 1. The molecule has 1 saturated carbocycles. The maximum absolute atomic E-state index is 14.3. The van der Waals surface area contributed by atoms with Gasteiger partial charge in [-0.05, 0) is 68.7 Å². The molecular formula is C31H29F3N6O2. The first-order valence-electron chi connectivity index (χ1n) is 13.7. The number of hydrogen-bond donors (Lipinski definition) is 0. The van der Waals surface area contributed by atoms with Crippen LogP contribution in [-0.4, -0.2) is 63.1 Å². The molecule has 1 aliphatic heterocycles.